The lowest BCUT2D eigenvalue weighted by Gasteiger charge is -2.24. The molecule has 0 aromatic heterocycles. The number of benzene rings is 1. The molecule has 114 valence electrons. The molecule has 21 heavy (non-hydrogen) atoms. The van der Waals surface area contributed by atoms with Crippen molar-refractivity contribution in [2.75, 3.05) is 13.2 Å². The van der Waals surface area contributed by atoms with Gasteiger partial charge in [-0.3, -0.25) is 4.79 Å². The fraction of sp³-hybridized carbons (Fsp3) is 0.500. The number of ether oxygens (including phenoxy) is 1. The van der Waals surface area contributed by atoms with Crippen LogP contribution in [0.4, 0.5) is 0 Å². The molecule has 1 fully saturated rings. The Morgan fingerprint density at radius 1 is 1.29 bits per heavy atom. The largest absolute Gasteiger partial charge is 0.479 e. The van der Waals surface area contributed by atoms with E-state index >= 15 is 0 Å². The third-order valence-corrected chi connectivity index (χ3v) is 3.64. The fourth-order valence-corrected chi connectivity index (χ4v) is 2.67. The van der Waals surface area contributed by atoms with Crippen molar-refractivity contribution < 1.29 is 19.4 Å². The van der Waals surface area contributed by atoms with Crippen molar-refractivity contribution in [2.24, 2.45) is 5.92 Å². The molecular weight excluding hydrogens is 270 g/mol. The second-order valence-corrected chi connectivity index (χ2v) is 5.61. The van der Waals surface area contributed by atoms with Crippen molar-refractivity contribution in [3.63, 3.8) is 0 Å². The van der Waals surface area contributed by atoms with Gasteiger partial charge in [-0.25, -0.2) is 4.79 Å². The van der Waals surface area contributed by atoms with E-state index in [1.165, 1.54) is 0 Å². The molecule has 0 aliphatic carbocycles. The second kappa shape index (κ2) is 6.72. The molecule has 0 bridgehead atoms. The van der Waals surface area contributed by atoms with Crippen LogP contribution in [0, 0.1) is 19.8 Å². The topological polar surface area (TPSA) is 75.6 Å². The predicted molar refractivity (Wildman–Crippen MR) is 78.0 cm³/mol. The van der Waals surface area contributed by atoms with Crippen LogP contribution in [0.15, 0.2) is 18.2 Å². The first-order chi connectivity index (χ1) is 9.97. The van der Waals surface area contributed by atoms with Crippen LogP contribution in [0.25, 0.3) is 0 Å². The maximum Gasteiger partial charge on any atom is 0.330 e. The summed E-state index contributed by atoms with van der Waals surface area (Å²) in [6.45, 7) is 4.85. The van der Waals surface area contributed by atoms with Crippen LogP contribution >= 0.6 is 0 Å². The summed E-state index contributed by atoms with van der Waals surface area (Å²) < 4.78 is 5.28. The molecule has 0 saturated carbocycles. The Morgan fingerprint density at radius 2 is 1.95 bits per heavy atom. The monoisotopic (exact) mass is 291 g/mol. The van der Waals surface area contributed by atoms with E-state index in [1.54, 1.807) is 12.1 Å². The van der Waals surface area contributed by atoms with Gasteiger partial charge in [-0.15, -0.1) is 0 Å². The van der Waals surface area contributed by atoms with Crippen molar-refractivity contribution in [3.05, 3.63) is 34.9 Å². The number of rotatable bonds is 4. The van der Waals surface area contributed by atoms with Crippen molar-refractivity contribution in [1.29, 1.82) is 0 Å². The maximum atomic E-state index is 12.2. The number of carboxylic acids is 1. The molecule has 1 heterocycles. The average molecular weight is 291 g/mol. The smallest absolute Gasteiger partial charge is 0.330 e. The van der Waals surface area contributed by atoms with Gasteiger partial charge < -0.3 is 15.2 Å². The molecule has 1 aromatic rings. The number of aliphatic carboxylic acids is 1. The number of nitrogens with one attached hydrogen (secondary N) is 1. The summed E-state index contributed by atoms with van der Waals surface area (Å²) in [5.41, 5.74) is 2.56. The molecule has 1 amide bonds. The number of amides is 1. The summed E-state index contributed by atoms with van der Waals surface area (Å²) in [7, 11) is 0. The summed E-state index contributed by atoms with van der Waals surface area (Å²) in [5.74, 6) is -1.56. The summed E-state index contributed by atoms with van der Waals surface area (Å²) in [6.07, 6.45) is 1.57. The van der Waals surface area contributed by atoms with Gasteiger partial charge in [0, 0.05) is 6.61 Å². The number of carbonyl (C=O) groups is 2. The first kappa shape index (κ1) is 15.5. The van der Waals surface area contributed by atoms with Crippen LogP contribution in [-0.2, 0) is 14.3 Å². The summed E-state index contributed by atoms with van der Waals surface area (Å²) in [6, 6.07) is 4.55. The lowest BCUT2D eigenvalue weighted by molar-refractivity contribution is -0.143. The normalized spacial score (nSPS) is 19.8. The Labute approximate surface area is 124 Å². The van der Waals surface area contributed by atoms with E-state index in [0.29, 0.717) is 18.8 Å². The molecule has 0 spiro atoms. The Kier molecular flexibility index (Phi) is 4.96. The summed E-state index contributed by atoms with van der Waals surface area (Å²) >= 11 is 0. The number of hydrogen-bond donors (Lipinski definition) is 2. The van der Waals surface area contributed by atoms with Crippen molar-refractivity contribution in [2.45, 2.75) is 32.7 Å². The Balaban J connectivity index is 2.15. The molecule has 5 heteroatoms. The zero-order valence-corrected chi connectivity index (χ0v) is 12.4. The van der Waals surface area contributed by atoms with Crippen LogP contribution < -0.4 is 5.32 Å². The van der Waals surface area contributed by atoms with Crippen molar-refractivity contribution in [3.8, 4) is 0 Å². The van der Waals surface area contributed by atoms with Gasteiger partial charge in [-0.1, -0.05) is 29.3 Å². The fourth-order valence-electron chi connectivity index (χ4n) is 2.67. The van der Waals surface area contributed by atoms with E-state index in [1.807, 2.05) is 19.9 Å². The van der Waals surface area contributed by atoms with Crippen LogP contribution in [-0.4, -0.2) is 30.2 Å². The zero-order valence-electron chi connectivity index (χ0n) is 12.4. The minimum Gasteiger partial charge on any atom is -0.479 e. The van der Waals surface area contributed by atoms with Crippen molar-refractivity contribution >= 4 is 11.9 Å². The molecule has 1 aliphatic rings. The second-order valence-electron chi connectivity index (χ2n) is 5.61. The highest BCUT2D eigenvalue weighted by molar-refractivity contribution is 5.86. The third-order valence-electron chi connectivity index (χ3n) is 3.64. The van der Waals surface area contributed by atoms with Crippen LogP contribution in [0.3, 0.4) is 0 Å². The van der Waals surface area contributed by atoms with Crippen LogP contribution in [0.2, 0.25) is 0 Å². The van der Waals surface area contributed by atoms with Crippen LogP contribution in [0.1, 0.15) is 35.6 Å². The van der Waals surface area contributed by atoms with Gasteiger partial charge >= 0.3 is 5.97 Å². The SMILES string of the molecule is Cc1cc(C)cc(C(NC(=O)C2CCCOC2)C(=O)O)c1. The molecular formula is C16H21NO4. The zero-order chi connectivity index (χ0) is 15.4. The molecule has 1 saturated heterocycles. The molecule has 2 N–H and O–H groups in total. The number of carbonyl (C=O) groups excluding carboxylic acids is 1. The van der Waals surface area contributed by atoms with E-state index in [9.17, 15) is 14.7 Å². The first-order valence-corrected chi connectivity index (χ1v) is 7.16. The molecule has 5 nitrogen and oxygen atoms in total. The van der Waals surface area contributed by atoms with Gasteiger partial charge in [0.05, 0.1) is 12.5 Å². The molecule has 2 atom stereocenters. The van der Waals surface area contributed by atoms with Crippen molar-refractivity contribution in [1.82, 2.24) is 5.32 Å². The minimum absolute atomic E-state index is 0.249. The Bertz CT molecular complexity index is 515. The average Bonchev–Trinajstić information content (AvgIpc) is 2.44. The van der Waals surface area contributed by atoms with E-state index in [4.69, 9.17) is 4.74 Å². The maximum absolute atomic E-state index is 12.2. The van der Waals surface area contributed by atoms with Gasteiger partial charge in [0.25, 0.3) is 0 Å². The number of carboxylic acid groups (broad SMARTS) is 1. The molecule has 2 rings (SSSR count). The van der Waals surface area contributed by atoms with Crippen LogP contribution in [0.5, 0.6) is 0 Å². The lowest BCUT2D eigenvalue weighted by atomic mass is 9.98. The molecule has 2 unspecified atom stereocenters. The van der Waals surface area contributed by atoms with Gasteiger partial charge in [-0.05, 0) is 32.3 Å². The van der Waals surface area contributed by atoms with Gasteiger partial charge in [0.2, 0.25) is 5.91 Å². The lowest BCUT2D eigenvalue weighted by Crippen LogP contribution is -2.40. The molecule has 0 radical (unpaired) electrons. The number of aryl methyl sites for hydroxylation is 2. The standard InChI is InChI=1S/C16H21NO4/c1-10-6-11(2)8-13(7-10)14(16(19)20)17-15(18)12-4-3-5-21-9-12/h6-8,12,14H,3-5,9H2,1-2H3,(H,17,18)(H,19,20). The minimum atomic E-state index is -1.05. The predicted octanol–water partition coefficient (Wildman–Crippen LogP) is 1.97. The highest BCUT2D eigenvalue weighted by Gasteiger charge is 2.28. The Hall–Kier alpha value is -1.88. The van der Waals surface area contributed by atoms with Gasteiger partial charge in [0.15, 0.2) is 6.04 Å². The highest BCUT2D eigenvalue weighted by atomic mass is 16.5. The summed E-state index contributed by atoms with van der Waals surface area (Å²) in [5, 5.41) is 12.0. The number of hydrogen-bond acceptors (Lipinski definition) is 3. The van der Waals surface area contributed by atoms with E-state index in [0.717, 1.165) is 24.0 Å². The first-order valence-electron chi connectivity index (χ1n) is 7.16. The quantitative estimate of drug-likeness (QED) is 0.889. The Morgan fingerprint density at radius 3 is 2.48 bits per heavy atom. The van der Waals surface area contributed by atoms with E-state index in [2.05, 4.69) is 5.32 Å². The van der Waals surface area contributed by atoms with Gasteiger partial charge in [-0.2, -0.15) is 0 Å². The van der Waals surface area contributed by atoms with E-state index < -0.39 is 12.0 Å². The highest BCUT2D eigenvalue weighted by Crippen LogP contribution is 2.20. The van der Waals surface area contributed by atoms with Gasteiger partial charge in [0.1, 0.15) is 0 Å². The molecule has 1 aromatic carbocycles. The summed E-state index contributed by atoms with van der Waals surface area (Å²) in [4.78, 5) is 23.7. The van der Waals surface area contributed by atoms with E-state index in [-0.39, 0.29) is 11.8 Å². The third kappa shape index (κ3) is 4.04. The molecule has 1 aliphatic heterocycles.